The number of nitrogens with zero attached hydrogens (tertiary/aromatic N) is 5. The summed E-state index contributed by atoms with van der Waals surface area (Å²) in [6.07, 6.45) is 4.57. The minimum Gasteiger partial charge on any atom is -0.398 e. The van der Waals surface area contributed by atoms with E-state index in [1.165, 1.54) is 59.8 Å². The number of nitrogen functional groups attached to an aromatic ring is 1. The Morgan fingerprint density at radius 1 is 1.18 bits per heavy atom. The molecule has 172 valence electrons. The van der Waals surface area contributed by atoms with Crippen molar-refractivity contribution in [2.75, 3.05) is 19.3 Å². The van der Waals surface area contributed by atoms with Crippen LogP contribution in [0.3, 0.4) is 0 Å². The van der Waals surface area contributed by atoms with Crippen LogP contribution in [0.25, 0.3) is 22.4 Å². The van der Waals surface area contributed by atoms with Crippen LogP contribution in [0.2, 0.25) is 5.02 Å². The van der Waals surface area contributed by atoms with Gasteiger partial charge in [0.1, 0.15) is 0 Å². The number of pyridine rings is 1. The number of halogens is 4. The van der Waals surface area contributed by atoms with Crippen LogP contribution in [0.4, 0.5) is 18.9 Å². The Morgan fingerprint density at radius 3 is 2.76 bits per heavy atom. The zero-order valence-corrected chi connectivity index (χ0v) is 17.5. The maximum atomic E-state index is 14.6. The van der Waals surface area contributed by atoms with E-state index in [1.807, 2.05) is 0 Å². The highest BCUT2D eigenvalue weighted by molar-refractivity contribution is 6.31. The SMILES string of the molecule is [2H]C([2H])([2H])OC([2H])([2H])CC(c1ccc(-c2c(N)ccc(Cl)c2F)cn1)n1cc(-c2ccnn2C(F)F)cn1. The second kappa shape index (κ2) is 9.63. The minimum atomic E-state index is -3.04. The first-order valence-electron chi connectivity index (χ1n) is 12.0. The first kappa shape index (κ1) is 17.2. The second-order valence-electron chi connectivity index (χ2n) is 6.91. The highest BCUT2D eigenvalue weighted by Gasteiger charge is 2.20. The van der Waals surface area contributed by atoms with E-state index in [9.17, 15) is 13.2 Å². The van der Waals surface area contributed by atoms with E-state index in [2.05, 4.69) is 19.9 Å². The first-order chi connectivity index (χ1) is 17.8. The lowest BCUT2D eigenvalue weighted by Gasteiger charge is -2.17. The number of anilines is 1. The van der Waals surface area contributed by atoms with Gasteiger partial charge in [0.25, 0.3) is 0 Å². The summed E-state index contributed by atoms with van der Waals surface area (Å²) in [6.45, 7) is -5.58. The third kappa shape index (κ3) is 4.57. The average Bonchev–Trinajstić information content (AvgIpc) is 3.49. The molecule has 0 radical (unpaired) electrons. The lowest BCUT2D eigenvalue weighted by atomic mass is 10.0. The van der Waals surface area contributed by atoms with Gasteiger partial charge in [-0.3, -0.25) is 9.67 Å². The predicted octanol–water partition coefficient (Wildman–Crippen LogP) is 5.20. The molecule has 0 aliphatic heterocycles. The van der Waals surface area contributed by atoms with Crippen LogP contribution in [0.5, 0.6) is 0 Å². The van der Waals surface area contributed by atoms with Crippen LogP contribution in [-0.4, -0.2) is 38.1 Å². The lowest BCUT2D eigenvalue weighted by molar-refractivity contribution is 0.0585. The van der Waals surface area contributed by atoms with Crippen LogP contribution in [0.15, 0.2) is 55.1 Å². The molecule has 3 heterocycles. The molecular formula is C22H20ClF3N6O. The molecule has 0 saturated carbocycles. The second-order valence-corrected chi connectivity index (χ2v) is 7.32. The quantitative estimate of drug-likeness (QED) is 0.349. The van der Waals surface area contributed by atoms with E-state index < -0.39 is 38.4 Å². The van der Waals surface area contributed by atoms with E-state index in [0.29, 0.717) is 4.68 Å². The number of hydrogen-bond acceptors (Lipinski definition) is 5. The molecule has 1 unspecified atom stereocenters. The lowest BCUT2D eigenvalue weighted by Crippen LogP contribution is -2.15. The molecule has 0 aliphatic rings. The molecule has 0 fully saturated rings. The molecule has 4 aromatic rings. The van der Waals surface area contributed by atoms with Gasteiger partial charge in [0, 0.05) is 54.6 Å². The summed E-state index contributed by atoms with van der Waals surface area (Å²) in [6, 6.07) is 5.99. The third-order valence-electron chi connectivity index (χ3n) is 4.96. The fourth-order valence-corrected chi connectivity index (χ4v) is 3.56. The van der Waals surface area contributed by atoms with Gasteiger partial charge >= 0.3 is 6.55 Å². The van der Waals surface area contributed by atoms with Crippen molar-refractivity contribution < 1.29 is 24.8 Å². The maximum Gasteiger partial charge on any atom is 0.333 e. The van der Waals surface area contributed by atoms with Crippen molar-refractivity contribution in [1.82, 2.24) is 24.5 Å². The van der Waals surface area contributed by atoms with Crippen molar-refractivity contribution in [3.8, 4) is 22.4 Å². The molecule has 33 heavy (non-hydrogen) atoms. The molecule has 3 aromatic heterocycles. The van der Waals surface area contributed by atoms with Gasteiger partial charge in [-0.25, -0.2) is 9.07 Å². The standard InChI is InChI=1S/C22H20ClF3N6O/c1-33-9-7-19(31-12-14(11-30-31)18-6-8-29-32(18)22(25)26)17-5-2-13(10-28-17)20-16(27)4-3-15(23)21(20)24/h2-6,8,10-12,19,22H,7,9,27H2,1H3/i1D3,9D2. The highest BCUT2D eigenvalue weighted by atomic mass is 35.5. The van der Waals surface area contributed by atoms with Crippen LogP contribution in [-0.2, 0) is 4.74 Å². The fraction of sp³-hybridized carbons (Fsp3) is 0.227. The summed E-state index contributed by atoms with van der Waals surface area (Å²) in [7, 11) is -3.04. The molecule has 0 aliphatic carbocycles. The highest BCUT2D eigenvalue weighted by Crippen LogP contribution is 2.33. The molecule has 1 atom stereocenters. The Balaban J connectivity index is 1.74. The van der Waals surface area contributed by atoms with Gasteiger partial charge in [0.05, 0.1) is 35.5 Å². The molecule has 4 rings (SSSR count). The largest absolute Gasteiger partial charge is 0.398 e. The van der Waals surface area contributed by atoms with Gasteiger partial charge in [0.15, 0.2) is 5.82 Å². The van der Waals surface area contributed by atoms with E-state index in [4.69, 9.17) is 24.2 Å². The van der Waals surface area contributed by atoms with Crippen LogP contribution in [0, 0.1) is 5.82 Å². The number of methoxy groups -OCH3 is 1. The number of ether oxygens (including phenoxy) is 1. The number of benzene rings is 1. The predicted molar refractivity (Wildman–Crippen MR) is 118 cm³/mol. The zero-order valence-electron chi connectivity index (χ0n) is 21.8. The normalized spacial score (nSPS) is 15.5. The van der Waals surface area contributed by atoms with Crippen LogP contribution < -0.4 is 5.73 Å². The summed E-state index contributed by atoms with van der Waals surface area (Å²) >= 11 is 5.88. The number of hydrogen-bond donors (Lipinski definition) is 1. The maximum absolute atomic E-state index is 14.6. The number of rotatable bonds is 8. The van der Waals surface area contributed by atoms with Gasteiger partial charge in [0.2, 0.25) is 0 Å². The van der Waals surface area contributed by atoms with E-state index >= 15 is 0 Å². The monoisotopic (exact) mass is 481 g/mol. The minimum absolute atomic E-state index is 0.0239. The smallest absolute Gasteiger partial charge is 0.333 e. The number of aromatic nitrogens is 5. The molecule has 2 N–H and O–H groups in total. The van der Waals surface area contributed by atoms with Gasteiger partial charge in [-0.05, 0) is 30.7 Å². The Hall–Kier alpha value is -3.37. The van der Waals surface area contributed by atoms with Crippen molar-refractivity contribution in [3.63, 3.8) is 0 Å². The fourth-order valence-electron chi connectivity index (χ4n) is 3.40. The molecule has 1 aromatic carbocycles. The van der Waals surface area contributed by atoms with Crippen molar-refractivity contribution in [2.24, 2.45) is 0 Å². The van der Waals surface area contributed by atoms with Gasteiger partial charge in [-0.1, -0.05) is 17.7 Å². The summed E-state index contributed by atoms with van der Waals surface area (Å²) in [5.74, 6) is -0.743. The van der Waals surface area contributed by atoms with Crippen LogP contribution >= 0.6 is 11.6 Å². The van der Waals surface area contributed by atoms with Crippen molar-refractivity contribution in [3.05, 3.63) is 71.7 Å². The Morgan fingerprint density at radius 2 is 2.03 bits per heavy atom. The van der Waals surface area contributed by atoms with E-state index in [1.54, 1.807) is 0 Å². The molecule has 0 spiro atoms. The van der Waals surface area contributed by atoms with Crippen LogP contribution in [0.1, 0.15) is 31.6 Å². The Bertz CT molecular complexity index is 1430. The molecule has 0 bridgehead atoms. The van der Waals surface area contributed by atoms with Gasteiger partial charge in [-0.15, -0.1) is 0 Å². The molecule has 11 heteroatoms. The van der Waals surface area contributed by atoms with Gasteiger partial charge < -0.3 is 10.5 Å². The molecule has 0 saturated heterocycles. The third-order valence-corrected chi connectivity index (χ3v) is 5.26. The summed E-state index contributed by atoms with van der Waals surface area (Å²) in [4.78, 5) is 4.32. The van der Waals surface area contributed by atoms with E-state index in [0.717, 1.165) is 0 Å². The molecule has 7 nitrogen and oxygen atoms in total. The zero-order chi connectivity index (χ0) is 27.8. The summed E-state index contributed by atoms with van der Waals surface area (Å²) in [5, 5.41) is 7.63. The Kier molecular flexibility index (Phi) is 5.01. The number of nitrogens with two attached hydrogens (primary N) is 1. The van der Waals surface area contributed by atoms with Gasteiger partial charge in [-0.2, -0.15) is 19.0 Å². The van der Waals surface area contributed by atoms with E-state index in [-0.39, 0.29) is 38.8 Å². The molecule has 0 amide bonds. The summed E-state index contributed by atoms with van der Waals surface area (Å²) < 4.78 is 85.7. The topological polar surface area (TPSA) is 83.8 Å². The number of alkyl halides is 2. The Labute approximate surface area is 199 Å². The van der Waals surface area contributed by atoms with Crippen molar-refractivity contribution in [1.29, 1.82) is 0 Å². The first-order valence-corrected chi connectivity index (χ1v) is 9.90. The molecular weight excluding hydrogens is 457 g/mol. The average molecular weight is 482 g/mol. The van der Waals surface area contributed by atoms with Crippen molar-refractivity contribution >= 4 is 17.3 Å². The van der Waals surface area contributed by atoms with Crippen molar-refractivity contribution in [2.45, 2.75) is 19.0 Å². The summed E-state index contributed by atoms with van der Waals surface area (Å²) in [5.41, 5.74) is 6.85.